The van der Waals surface area contributed by atoms with Crippen molar-refractivity contribution in [2.24, 2.45) is 0 Å². The Morgan fingerprint density at radius 1 is 1.19 bits per heavy atom. The Labute approximate surface area is 129 Å². The lowest BCUT2D eigenvalue weighted by Gasteiger charge is -2.12. The monoisotopic (exact) mass is 307 g/mol. The van der Waals surface area contributed by atoms with Gasteiger partial charge in [-0.3, -0.25) is 0 Å². The molecule has 1 N–H and O–H groups in total. The maximum absolute atomic E-state index is 14.3. The van der Waals surface area contributed by atoms with Crippen molar-refractivity contribution in [2.75, 3.05) is 7.11 Å². The van der Waals surface area contributed by atoms with Gasteiger partial charge in [-0.2, -0.15) is 0 Å². The minimum absolute atomic E-state index is 0.217. The van der Waals surface area contributed by atoms with Gasteiger partial charge in [-0.15, -0.1) is 0 Å². The molecule has 2 nitrogen and oxygen atoms in total. The molecular formula is C17H19ClFNO. The molecule has 0 radical (unpaired) electrons. The highest BCUT2D eigenvalue weighted by Crippen LogP contribution is 2.34. The van der Waals surface area contributed by atoms with Crippen molar-refractivity contribution < 1.29 is 9.13 Å². The van der Waals surface area contributed by atoms with Crippen LogP contribution in [0.5, 0.6) is 5.75 Å². The number of hydrogen-bond donors (Lipinski definition) is 1. The molecule has 0 bridgehead atoms. The van der Waals surface area contributed by atoms with E-state index in [2.05, 4.69) is 19.2 Å². The van der Waals surface area contributed by atoms with E-state index in [9.17, 15) is 4.39 Å². The van der Waals surface area contributed by atoms with Gasteiger partial charge in [0.1, 0.15) is 0 Å². The van der Waals surface area contributed by atoms with Crippen LogP contribution in [-0.2, 0) is 6.54 Å². The maximum atomic E-state index is 14.3. The lowest BCUT2D eigenvalue weighted by molar-refractivity contribution is 0.387. The topological polar surface area (TPSA) is 21.3 Å². The second-order valence-corrected chi connectivity index (χ2v) is 5.58. The van der Waals surface area contributed by atoms with Gasteiger partial charge < -0.3 is 10.1 Å². The number of nitrogens with one attached hydrogen (secondary N) is 1. The number of halogens is 2. The zero-order valence-corrected chi connectivity index (χ0v) is 13.2. The fourth-order valence-electron chi connectivity index (χ4n) is 2.09. The van der Waals surface area contributed by atoms with Gasteiger partial charge in [0.2, 0.25) is 0 Å². The van der Waals surface area contributed by atoms with E-state index < -0.39 is 5.82 Å². The third-order valence-electron chi connectivity index (χ3n) is 3.22. The van der Waals surface area contributed by atoms with Gasteiger partial charge in [0.05, 0.1) is 7.11 Å². The Morgan fingerprint density at radius 2 is 1.95 bits per heavy atom. The van der Waals surface area contributed by atoms with Crippen LogP contribution < -0.4 is 10.1 Å². The lowest BCUT2D eigenvalue weighted by Crippen LogP contribution is -2.21. The summed E-state index contributed by atoms with van der Waals surface area (Å²) < 4.78 is 19.3. The molecule has 0 saturated carbocycles. The van der Waals surface area contributed by atoms with Crippen LogP contribution in [0, 0.1) is 5.82 Å². The normalized spacial score (nSPS) is 11.0. The fourth-order valence-corrected chi connectivity index (χ4v) is 2.39. The molecule has 0 fully saturated rings. The molecule has 2 aromatic rings. The van der Waals surface area contributed by atoms with Gasteiger partial charge in [-0.1, -0.05) is 49.7 Å². The summed E-state index contributed by atoms with van der Waals surface area (Å²) in [4.78, 5) is 0. The molecule has 0 aliphatic rings. The third kappa shape index (κ3) is 3.74. The van der Waals surface area contributed by atoms with Crippen LogP contribution in [0.25, 0.3) is 11.1 Å². The van der Waals surface area contributed by atoms with Crippen LogP contribution in [0.15, 0.2) is 36.4 Å². The van der Waals surface area contributed by atoms with Crippen LogP contribution >= 0.6 is 11.6 Å². The van der Waals surface area contributed by atoms with E-state index in [1.165, 1.54) is 7.11 Å². The van der Waals surface area contributed by atoms with Crippen molar-refractivity contribution >= 4 is 11.6 Å². The van der Waals surface area contributed by atoms with E-state index in [-0.39, 0.29) is 5.75 Å². The molecule has 0 aliphatic heterocycles. The lowest BCUT2D eigenvalue weighted by atomic mass is 10.0. The summed E-state index contributed by atoms with van der Waals surface area (Å²) in [6.45, 7) is 4.90. The SMILES string of the molecule is COc1cccc(-c2ccc(CNC(C)C)cc2Cl)c1F. The molecule has 0 amide bonds. The highest BCUT2D eigenvalue weighted by Gasteiger charge is 2.13. The first-order valence-corrected chi connectivity index (χ1v) is 7.25. The molecular weight excluding hydrogens is 289 g/mol. The summed E-state index contributed by atoms with van der Waals surface area (Å²) in [5.41, 5.74) is 2.19. The second-order valence-electron chi connectivity index (χ2n) is 5.17. The van der Waals surface area contributed by atoms with E-state index in [1.807, 2.05) is 18.2 Å². The number of methoxy groups -OCH3 is 1. The first kappa shape index (κ1) is 15.8. The first-order valence-electron chi connectivity index (χ1n) is 6.87. The van der Waals surface area contributed by atoms with Crippen LogP contribution in [0.2, 0.25) is 5.02 Å². The Morgan fingerprint density at radius 3 is 2.57 bits per heavy atom. The summed E-state index contributed by atoms with van der Waals surface area (Å²) in [6.07, 6.45) is 0. The summed E-state index contributed by atoms with van der Waals surface area (Å²) in [6, 6.07) is 11.1. The number of benzene rings is 2. The van der Waals surface area contributed by atoms with E-state index in [0.29, 0.717) is 22.2 Å². The zero-order chi connectivity index (χ0) is 15.4. The summed E-state index contributed by atoms with van der Waals surface area (Å²) in [7, 11) is 1.45. The standard InChI is InChI=1S/C17H19ClFNO/c1-11(2)20-10-12-7-8-13(15(18)9-12)14-5-4-6-16(21-3)17(14)19/h4-9,11,20H,10H2,1-3H3. The van der Waals surface area contributed by atoms with E-state index >= 15 is 0 Å². The van der Waals surface area contributed by atoms with Crippen LogP contribution in [0.1, 0.15) is 19.4 Å². The van der Waals surface area contributed by atoms with Gasteiger partial charge in [-0.25, -0.2) is 4.39 Å². The predicted octanol–water partition coefficient (Wildman–Crippen LogP) is 4.65. The Hall–Kier alpha value is -1.58. The molecule has 0 aliphatic carbocycles. The molecule has 2 rings (SSSR count). The third-order valence-corrected chi connectivity index (χ3v) is 3.53. The average molecular weight is 308 g/mol. The van der Waals surface area contributed by atoms with Crippen LogP contribution in [0.4, 0.5) is 4.39 Å². The second kappa shape index (κ2) is 6.92. The molecule has 4 heteroatoms. The quantitative estimate of drug-likeness (QED) is 0.868. The first-order chi connectivity index (χ1) is 10.0. The van der Waals surface area contributed by atoms with Crippen molar-refractivity contribution in [3.8, 4) is 16.9 Å². The van der Waals surface area contributed by atoms with E-state index in [4.69, 9.17) is 16.3 Å². The van der Waals surface area contributed by atoms with Crippen molar-refractivity contribution in [3.05, 3.63) is 52.8 Å². The van der Waals surface area contributed by atoms with Crippen molar-refractivity contribution in [3.63, 3.8) is 0 Å². The number of rotatable bonds is 5. The Kier molecular flexibility index (Phi) is 5.21. The minimum Gasteiger partial charge on any atom is -0.494 e. The smallest absolute Gasteiger partial charge is 0.172 e. The van der Waals surface area contributed by atoms with E-state index in [0.717, 1.165) is 12.1 Å². The maximum Gasteiger partial charge on any atom is 0.172 e. The summed E-state index contributed by atoms with van der Waals surface area (Å²) >= 11 is 6.31. The molecule has 0 atom stereocenters. The van der Waals surface area contributed by atoms with Gasteiger partial charge in [-0.05, 0) is 17.7 Å². The van der Waals surface area contributed by atoms with Crippen LogP contribution in [-0.4, -0.2) is 13.2 Å². The molecule has 21 heavy (non-hydrogen) atoms. The van der Waals surface area contributed by atoms with Gasteiger partial charge in [0, 0.05) is 28.7 Å². The highest BCUT2D eigenvalue weighted by molar-refractivity contribution is 6.33. The zero-order valence-electron chi connectivity index (χ0n) is 12.4. The summed E-state index contributed by atoms with van der Waals surface area (Å²) in [5.74, 6) is -0.177. The van der Waals surface area contributed by atoms with Crippen molar-refractivity contribution in [1.29, 1.82) is 0 Å². The Balaban J connectivity index is 2.33. The summed E-state index contributed by atoms with van der Waals surface area (Å²) in [5, 5.41) is 3.86. The molecule has 0 unspecified atom stereocenters. The van der Waals surface area contributed by atoms with Gasteiger partial charge in [0.15, 0.2) is 11.6 Å². The fraction of sp³-hybridized carbons (Fsp3) is 0.294. The van der Waals surface area contributed by atoms with Crippen LogP contribution in [0.3, 0.4) is 0 Å². The minimum atomic E-state index is -0.394. The largest absolute Gasteiger partial charge is 0.494 e. The molecule has 2 aromatic carbocycles. The number of hydrogen-bond acceptors (Lipinski definition) is 2. The molecule has 0 heterocycles. The molecule has 0 saturated heterocycles. The predicted molar refractivity (Wildman–Crippen MR) is 85.4 cm³/mol. The average Bonchev–Trinajstić information content (AvgIpc) is 2.46. The van der Waals surface area contributed by atoms with Crippen molar-refractivity contribution in [2.45, 2.75) is 26.4 Å². The molecule has 0 aromatic heterocycles. The van der Waals surface area contributed by atoms with Crippen molar-refractivity contribution in [1.82, 2.24) is 5.32 Å². The van der Waals surface area contributed by atoms with Gasteiger partial charge in [0.25, 0.3) is 0 Å². The van der Waals surface area contributed by atoms with E-state index in [1.54, 1.807) is 18.2 Å². The molecule has 112 valence electrons. The number of ether oxygens (including phenoxy) is 1. The highest BCUT2D eigenvalue weighted by atomic mass is 35.5. The molecule has 0 spiro atoms. The Bertz CT molecular complexity index is 628. The van der Waals surface area contributed by atoms with Gasteiger partial charge >= 0.3 is 0 Å².